The van der Waals surface area contributed by atoms with Crippen LogP contribution in [-0.4, -0.2) is 25.5 Å². The number of benzene rings is 1. The minimum absolute atomic E-state index is 0.00188. The quantitative estimate of drug-likeness (QED) is 0.767. The number of carbonyl (C=O) groups excluding carboxylic acids is 1. The van der Waals surface area contributed by atoms with Crippen LogP contribution in [0, 0.1) is 0 Å². The van der Waals surface area contributed by atoms with Gasteiger partial charge in [0.2, 0.25) is 5.91 Å². The Hall–Kier alpha value is -1.39. The summed E-state index contributed by atoms with van der Waals surface area (Å²) in [5.74, 6) is 0.119. The second-order valence-corrected chi connectivity index (χ2v) is 4.11. The molecule has 0 radical (unpaired) electrons. The Kier molecular flexibility index (Phi) is 3.22. The molecular formula is C12H17N3O. The summed E-state index contributed by atoms with van der Waals surface area (Å²) in [5.41, 5.74) is 7.84. The van der Waals surface area contributed by atoms with Gasteiger partial charge in [-0.15, -0.1) is 0 Å². The number of rotatable bonds is 2. The maximum atomic E-state index is 11.7. The molecule has 1 aliphatic rings. The standard InChI is InChI=1S/C12H17N3O/c1-9(13)10-3-2-4-11(7-10)15-6-5-14-8-12(15)16/h2-4,7,9,14H,5-6,8,13H2,1H3. The Morgan fingerprint density at radius 2 is 2.31 bits per heavy atom. The van der Waals surface area contributed by atoms with Crippen molar-refractivity contribution >= 4 is 11.6 Å². The van der Waals surface area contributed by atoms with Crippen LogP contribution < -0.4 is 16.0 Å². The van der Waals surface area contributed by atoms with Gasteiger partial charge in [-0.25, -0.2) is 0 Å². The predicted octanol–water partition coefficient (Wildman–Crippen LogP) is 0.642. The fourth-order valence-corrected chi connectivity index (χ4v) is 1.86. The van der Waals surface area contributed by atoms with Crippen LogP contribution in [0.3, 0.4) is 0 Å². The van der Waals surface area contributed by atoms with Crippen molar-refractivity contribution < 1.29 is 4.79 Å². The topological polar surface area (TPSA) is 58.4 Å². The molecule has 1 amide bonds. The molecule has 0 aliphatic carbocycles. The molecule has 0 bridgehead atoms. The fourth-order valence-electron chi connectivity index (χ4n) is 1.86. The van der Waals surface area contributed by atoms with Crippen LogP contribution in [0.4, 0.5) is 5.69 Å². The lowest BCUT2D eigenvalue weighted by Crippen LogP contribution is -2.48. The summed E-state index contributed by atoms with van der Waals surface area (Å²) in [6.07, 6.45) is 0. The third-order valence-electron chi connectivity index (χ3n) is 2.80. The molecule has 1 unspecified atom stereocenters. The Bertz CT molecular complexity index is 390. The molecule has 0 saturated carbocycles. The average Bonchev–Trinajstić information content (AvgIpc) is 2.30. The van der Waals surface area contributed by atoms with Crippen molar-refractivity contribution in [1.29, 1.82) is 0 Å². The van der Waals surface area contributed by atoms with E-state index in [-0.39, 0.29) is 11.9 Å². The van der Waals surface area contributed by atoms with Gasteiger partial charge in [0.1, 0.15) is 0 Å². The van der Waals surface area contributed by atoms with Gasteiger partial charge in [-0.1, -0.05) is 12.1 Å². The fraction of sp³-hybridized carbons (Fsp3) is 0.417. The Morgan fingerprint density at radius 1 is 1.50 bits per heavy atom. The highest BCUT2D eigenvalue weighted by Crippen LogP contribution is 2.20. The number of hydrogen-bond acceptors (Lipinski definition) is 3. The number of nitrogens with zero attached hydrogens (tertiary/aromatic N) is 1. The molecule has 1 heterocycles. The average molecular weight is 219 g/mol. The van der Waals surface area contributed by atoms with Gasteiger partial charge in [0.25, 0.3) is 0 Å². The lowest BCUT2D eigenvalue weighted by atomic mass is 10.1. The van der Waals surface area contributed by atoms with Crippen LogP contribution in [0.25, 0.3) is 0 Å². The molecule has 0 aromatic heterocycles. The normalized spacial score (nSPS) is 18.6. The molecular weight excluding hydrogens is 202 g/mol. The zero-order chi connectivity index (χ0) is 11.5. The zero-order valence-electron chi connectivity index (χ0n) is 9.44. The number of nitrogens with two attached hydrogens (primary N) is 1. The van der Waals surface area contributed by atoms with E-state index in [2.05, 4.69) is 5.32 Å². The van der Waals surface area contributed by atoms with Gasteiger partial charge in [-0.3, -0.25) is 4.79 Å². The first kappa shape index (κ1) is 11.1. The van der Waals surface area contributed by atoms with E-state index in [0.717, 1.165) is 24.3 Å². The van der Waals surface area contributed by atoms with Crippen LogP contribution in [0.2, 0.25) is 0 Å². The molecule has 16 heavy (non-hydrogen) atoms. The highest BCUT2D eigenvalue weighted by atomic mass is 16.2. The minimum Gasteiger partial charge on any atom is -0.324 e. The number of hydrogen-bond donors (Lipinski definition) is 2. The molecule has 86 valence electrons. The first-order valence-electron chi connectivity index (χ1n) is 5.55. The summed E-state index contributed by atoms with van der Waals surface area (Å²) in [4.78, 5) is 13.5. The number of nitrogens with one attached hydrogen (secondary N) is 1. The highest BCUT2D eigenvalue weighted by Gasteiger charge is 2.19. The number of amides is 1. The van der Waals surface area contributed by atoms with Gasteiger partial charge in [0.05, 0.1) is 6.54 Å². The smallest absolute Gasteiger partial charge is 0.240 e. The third kappa shape index (κ3) is 2.23. The molecule has 1 aromatic rings. The Morgan fingerprint density at radius 3 is 3.00 bits per heavy atom. The molecule has 0 spiro atoms. The van der Waals surface area contributed by atoms with Crippen molar-refractivity contribution in [2.75, 3.05) is 24.5 Å². The Labute approximate surface area is 95.4 Å². The second-order valence-electron chi connectivity index (χ2n) is 4.11. The third-order valence-corrected chi connectivity index (χ3v) is 2.80. The maximum Gasteiger partial charge on any atom is 0.240 e. The minimum atomic E-state index is -0.00188. The first-order chi connectivity index (χ1) is 7.68. The molecule has 1 saturated heterocycles. The van der Waals surface area contributed by atoms with Crippen molar-refractivity contribution in [2.45, 2.75) is 13.0 Å². The molecule has 4 heteroatoms. The van der Waals surface area contributed by atoms with Gasteiger partial charge in [-0.05, 0) is 24.6 Å². The van der Waals surface area contributed by atoms with Crippen LogP contribution >= 0.6 is 0 Å². The van der Waals surface area contributed by atoms with E-state index in [1.807, 2.05) is 36.1 Å². The predicted molar refractivity (Wildman–Crippen MR) is 64.3 cm³/mol. The summed E-state index contributed by atoms with van der Waals surface area (Å²) < 4.78 is 0. The van der Waals surface area contributed by atoms with Gasteiger partial charge >= 0.3 is 0 Å². The number of anilines is 1. The molecule has 1 atom stereocenters. The van der Waals surface area contributed by atoms with Crippen molar-refractivity contribution in [1.82, 2.24) is 5.32 Å². The number of carbonyl (C=O) groups is 1. The van der Waals surface area contributed by atoms with Gasteiger partial charge < -0.3 is 16.0 Å². The van der Waals surface area contributed by atoms with E-state index in [1.54, 1.807) is 0 Å². The molecule has 4 nitrogen and oxygen atoms in total. The summed E-state index contributed by atoms with van der Waals surface area (Å²) in [6.45, 7) is 3.93. The second kappa shape index (κ2) is 4.63. The van der Waals surface area contributed by atoms with Gasteiger partial charge in [-0.2, -0.15) is 0 Å². The van der Waals surface area contributed by atoms with E-state index >= 15 is 0 Å². The van der Waals surface area contributed by atoms with Crippen LogP contribution in [-0.2, 0) is 4.79 Å². The van der Waals surface area contributed by atoms with Crippen LogP contribution in [0.5, 0.6) is 0 Å². The SMILES string of the molecule is CC(N)c1cccc(N2CCNCC2=O)c1. The lowest BCUT2D eigenvalue weighted by Gasteiger charge is -2.28. The van der Waals surface area contributed by atoms with E-state index in [4.69, 9.17) is 5.73 Å². The first-order valence-corrected chi connectivity index (χ1v) is 5.55. The van der Waals surface area contributed by atoms with Crippen LogP contribution in [0.15, 0.2) is 24.3 Å². The monoisotopic (exact) mass is 219 g/mol. The summed E-state index contributed by atoms with van der Waals surface area (Å²) in [5, 5.41) is 3.06. The molecule has 2 rings (SSSR count). The largest absolute Gasteiger partial charge is 0.324 e. The summed E-state index contributed by atoms with van der Waals surface area (Å²) in [7, 11) is 0. The molecule has 1 aliphatic heterocycles. The molecule has 1 aromatic carbocycles. The zero-order valence-corrected chi connectivity index (χ0v) is 9.44. The van der Waals surface area contributed by atoms with E-state index in [1.165, 1.54) is 0 Å². The molecule has 1 fully saturated rings. The lowest BCUT2D eigenvalue weighted by molar-refractivity contribution is -0.118. The van der Waals surface area contributed by atoms with Crippen molar-refractivity contribution in [2.24, 2.45) is 5.73 Å². The Balaban J connectivity index is 2.25. The van der Waals surface area contributed by atoms with Gasteiger partial charge in [0, 0.05) is 24.8 Å². The number of piperazine rings is 1. The summed E-state index contributed by atoms with van der Waals surface area (Å²) >= 11 is 0. The highest BCUT2D eigenvalue weighted by molar-refractivity contribution is 5.95. The van der Waals surface area contributed by atoms with Crippen molar-refractivity contribution in [3.05, 3.63) is 29.8 Å². The van der Waals surface area contributed by atoms with Crippen molar-refractivity contribution in [3.63, 3.8) is 0 Å². The van der Waals surface area contributed by atoms with E-state index in [0.29, 0.717) is 6.54 Å². The van der Waals surface area contributed by atoms with E-state index in [9.17, 15) is 4.79 Å². The van der Waals surface area contributed by atoms with Crippen LogP contribution in [0.1, 0.15) is 18.5 Å². The molecule has 3 N–H and O–H groups in total. The summed E-state index contributed by atoms with van der Waals surface area (Å²) in [6, 6.07) is 7.88. The van der Waals surface area contributed by atoms with Gasteiger partial charge in [0.15, 0.2) is 0 Å². The maximum absolute atomic E-state index is 11.7. The van der Waals surface area contributed by atoms with E-state index < -0.39 is 0 Å². The van der Waals surface area contributed by atoms with Crippen molar-refractivity contribution in [3.8, 4) is 0 Å².